The van der Waals surface area contributed by atoms with Crippen molar-refractivity contribution in [2.45, 2.75) is 18.9 Å². The second-order valence-electron chi connectivity index (χ2n) is 3.60. The zero-order chi connectivity index (χ0) is 9.10. The molecule has 4 nitrogen and oxygen atoms in total. The summed E-state index contributed by atoms with van der Waals surface area (Å²) in [4.78, 5) is 11.5. The van der Waals surface area contributed by atoms with Gasteiger partial charge in [-0.2, -0.15) is 0 Å². The summed E-state index contributed by atoms with van der Waals surface area (Å²) in [5.74, 6) is 0.0455. The van der Waals surface area contributed by atoms with Crippen LogP contribution >= 0.6 is 0 Å². The highest BCUT2D eigenvalue weighted by atomic mass is 16.5. The Hall–Kier alpha value is -0.610. The second kappa shape index (κ2) is 4.07. The van der Waals surface area contributed by atoms with Crippen LogP contribution in [0.4, 0.5) is 0 Å². The number of rotatable bonds is 2. The summed E-state index contributed by atoms with van der Waals surface area (Å²) in [6, 6.07) is 0. The minimum Gasteiger partial charge on any atom is -0.459 e. The molecule has 0 atom stereocenters. The van der Waals surface area contributed by atoms with Crippen molar-refractivity contribution in [3.63, 3.8) is 0 Å². The molecule has 0 aromatic carbocycles. The van der Waals surface area contributed by atoms with E-state index in [0.29, 0.717) is 13.2 Å². The number of esters is 1. The molecule has 2 aliphatic heterocycles. The van der Waals surface area contributed by atoms with Gasteiger partial charge in [-0.3, -0.25) is 4.79 Å². The van der Waals surface area contributed by atoms with Crippen molar-refractivity contribution in [2.75, 3.05) is 26.3 Å². The maximum Gasteiger partial charge on any atom is 0.309 e. The largest absolute Gasteiger partial charge is 0.459 e. The van der Waals surface area contributed by atoms with E-state index in [-0.39, 0.29) is 18.0 Å². The highest BCUT2D eigenvalue weighted by molar-refractivity contribution is 5.72. The van der Waals surface area contributed by atoms with Gasteiger partial charge in [0.15, 0.2) is 0 Å². The molecule has 74 valence electrons. The Balaban J connectivity index is 1.74. The molecule has 0 spiro atoms. The van der Waals surface area contributed by atoms with Gasteiger partial charge in [0.2, 0.25) is 0 Å². The smallest absolute Gasteiger partial charge is 0.309 e. The van der Waals surface area contributed by atoms with Crippen LogP contribution in [0.5, 0.6) is 0 Å². The third-order valence-corrected chi connectivity index (χ3v) is 2.58. The van der Waals surface area contributed by atoms with Gasteiger partial charge in [0.1, 0.15) is 6.10 Å². The molecule has 0 aliphatic carbocycles. The number of nitrogens with one attached hydrogen (secondary N) is 1. The molecule has 0 aromatic rings. The Morgan fingerprint density at radius 3 is 2.54 bits per heavy atom. The molecule has 0 radical (unpaired) electrons. The van der Waals surface area contributed by atoms with Crippen LogP contribution in [0.2, 0.25) is 0 Å². The van der Waals surface area contributed by atoms with Gasteiger partial charge in [0, 0.05) is 26.3 Å². The van der Waals surface area contributed by atoms with Crippen LogP contribution in [-0.2, 0) is 14.3 Å². The quantitative estimate of drug-likeness (QED) is 0.612. The molecule has 0 saturated carbocycles. The number of hydrogen-bond donors (Lipinski definition) is 1. The van der Waals surface area contributed by atoms with Crippen molar-refractivity contribution in [3.05, 3.63) is 0 Å². The fourth-order valence-corrected chi connectivity index (χ4v) is 1.54. The number of ether oxygens (including phenoxy) is 2. The maximum atomic E-state index is 11.5. The Bertz CT molecular complexity index is 185. The van der Waals surface area contributed by atoms with Gasteiger partial charge < -0.3 is 14.8 Å². The first-order valence-corrected chi connectivity index (χ1v) is 4.85. The summed E-state index contributed by atoms with van der Waals surface area (Å²) in [7, 11) is 0. The van der Waals surface area contributed by atoms with Gasteiger partial charge in [-0.05, 0) is 12.8 Å². The van der Waals surface area contributed by atoms with E-state index >= 15 is 0 Å². The first-order valence-electron chi connectivity index (χ1n) is 4.85. The number of hydrogen-bond acceptors (Lipinski definition) is 4. The molecule has 2 saturated heterocycles. The fraction of sp³-hybridized carbons (Fsp3) is 0.889. The summed E-state index contributed by atoms with van der Waals surface area (Å²) in [6.07, 6.45) is 1.76. The lowest BCUT2D eigenvalue weighted by molar-refractivity contribution is -0.159. The van der Waals surface area contributed by atoms with Crippen molar-refractivity contribution < 1.29 is 14.3 Å². The highest BCUT2D eigenvalue weighted by Crippen LogP contribution is 2.17. The average Bonchev–Trinajstić information content (AvgIpc) is 2.12. The summed E-state index contributed by atoms with van der Waals surface area (Å²) < 4.78 is 10.4. The van der Waals surface area contributed by atoms with Gasteiger partial charge in [-0.15, -0.1) is 0 Å². The second-order valence-corrected chi connectivity index (χ2v) is 3.60. The van der Waals surface area contributed by atoms with E-state index in [1.165, 1.54) is 0 Å². The molecular weight excluding hydrogens is 170 g/mol. The van der Waals surface area contributed by atoms with Crippen LogP contribution < -0.4 is 5.32 Å². The SMILES string of the molecule is O=C(OC1CNC1)C1CCOCC1. The molecule has 4 heteroatoms. The van der Waals surface area contributed by atoms with Crippen molar-refractivity contribution in [3.8, 4) is 0 Å². The molecule has 1 N–H and O–H groups in total. The maximum absolute atomic E-state index is 11.5. The third-order valence-electron chi connectivity index (χ3n) is 2.58. The van der Waals surface area contributed by atoms with Crippen molar-refractivity contribution in [1.82, 2.24) is 5.32 Å². The van der Waals surface area contributed by atoms with E-state index in [4.69, 9.17) is 9.47 Å². The Morgan fingerprint density at radius 1 is 1.31 bits per heavy atom. The molecule has 2 heterocycles. The van der Waals surface area contributed by atoms with E-state index in [0.717, 1.165) is 25.9 Å². The van der Waals surface area contributed by atoms with Gasteiger partial charge in [-0.1, -0.05) is 0 Å². The zero-order valence-corrected chi connectivity index (χ0v) is 7.62. The van der Waals surface area contributed by atoms with Gasteiger partial charge >= 0.3 is 5.97 Å². The lowest BCUT2D eigenvalue weighted by atomic mass is 10.0. The summed E-state index contributed by atoms with van der Waals surface area (Å²) in [5.41, 5.74) is 0. The van der Waals surface area contributed by atoms with Gasteiger partial charge in [-0.25, -0.2) is 0 Å². The Labute approximate surface area is 77.6 Å². The fourth-order valence-electron chi connectivity index (χ4n) is 1.54. The predicted octanol–water partition coefficient (Wildman–Crippen LogP) is -0.0720. The zero-order valence-electron chi connectivity index (χ0n) is 7.62. The number of carbonyl (C=O) groups is 1. The first kappa shape index (κ1) is 8.97. The highest BCUT2D eigenvalue weighted by Gasteiger charge is 2.27. The molecular formula is C9H15NO3. The van der Waals surface area contributed by atoms with Crippen LogP contribution in [0.15, 0.2) is 0 Å². The normalized spacial score (nSPS) is 25.2. The van der Waals surface area contributed by atoms with Gasteiger partial charge in [0.25, 0.3) is 0 Å². The minimum atomic E-state index is -0.0326. The molecule has 0 amide bonds. The van der Waals surface area contributed by atoms with Crippen LogP contribution in [0.1, 0.15) is 12.8 Å². The molecule has 0 bridgehead atoms. The van der Waals surface area contributed by atoms with Crippen LogP contribution in [0.25, 0.3) is 0 Å². The third kappa shape index (κ3) is 2.19. The topological polar surface area (TPSA) is 47.6 Å². The van der Waals surface area contributed by atoms with E-state index in [1.54, 1.807) is 0 Å². The average molecular weight is 185 g/mol. The lowest BCUT2D eigenvalue weighted by Gasteiger charge is -2.29. The van der Waals surface area contributed by atoms with Crippen molar-refractivity contribution in [2.24, 2.45) is 5.92 Å². The Morgan fingerprint density at radius 2 is 2.00 bits per heavy atom. The molecule has 2 fully saturated rings. The summed E-state index contributed by atoms with van der Waals surface area (Å²) in [6.45, 7) is 3.02. The minimum absolute atomic E-state index is 0.0326. The molecule has 2 aliphatic rings. The van der Waals surface area contributed by atoms with Gasteiger partial charge in [0.05, 0.1) is 5.92 Å². The molecule has 13 heavy (non-hydrogen) atoms. The summed E-state index contributed by atoms with van der Waals surface area (Å²) >= 11 is 0. The van der Waals surface area contributed by atoms with Crippen LogP contribution in [0.3, 0.4) is 0 Å². The first-order chi connectivity index (χ1) is 6.36. The molecule has 0 aromatic heterocycles. The number of carbonyl (C=O) groups excluding carboxylic acids is 1. The predicted molar refractivity (Wildman–Crippen MR) is 46.3 cm³/mol. The van der Waals surface area contributed by atoms with E-state index in [9.17, 15) is 4.79 Å². The Kier molecular flexibility index (Phi) is 2.80. The lowest BCUT2D eigenvalue weighted by Crippen LogP contribution is -2.50. The van der Waals surface area contributed by atoms with E-state index in [1.807, 2.05) is 0 Å². The monoisotopic (exact) mass is 185 g/mol. The van der Waals surface area contributed by atoms with Crippen LogP contribution in [0, 0.1) is 5.92 Å². The van der Waals surface area contributed by atoms with Crippen molar-refractivity contribution >= 4 is 5.97 Å². The van der Waals surface area contributed by atoms with Crippen LogP contribution in [-0.4, -0.2) is 38.4 Å². The van der Waals surface area contributed by atoms with Crippen molar-refractivity contribution in [1.29, 1.82) is 0 Å². The van der Waals surface area contributed by atoms with E-state index in [2.05, 4.69) is 5.32 Å². The summed E-state index contributed by atoms with van der Waals surface area (Å²) in [5, 5.41) is 3.07. The van der Waals surface area contributed by atoms with E-state index < -0.39 is 0 Å². The molecule has 2 rings (SSSR count). The molecule has 0 unspecified atom stereocenters. The standard InChI is InChI=1S/C9H15NO3/c11-9(13-8-5-10-6-8)7-1-3-12-4-2-7/h7-8,10H,1-6H2.